The van der Waals surface area contributed by atoms with Gasteiger partial charge in [0.05, 0.1) is 5.69 Å². The Kier molecular flexibility index (Phi) is 4.32. The molecule has 0 aromatic heterocycles. The van der Waals surface area contributed by atoms with E-state index in [0.29, 0.717) is 5.69 Å². The number of benzene rings is 2. The van der Waals surface area contributed by atoms with Crippen molar-refractivity contribution in [3.8, 4) is 5.75 Å². The SMILES string of the molecule is Nc1ccc(C(=O)Nc2ccc(OC(F)F)cc2)cc1F. The van der Waals surface area contributed by atoms with Crippen molar-refractivity contribution in [1.82, 2.24) is 0 Å². The first kappa shape index (κ1) is 14.7. The van der Waals surface area contributed by atoms with Gasteiger partial charge in [0, 0.05) is 11.3 Å². The first-order chi connectivity index (χ1) is 9.95. The molecule has 0 saturated heterocycles. The van der Waals surface area contributed by atoms with Gasteiger partial charge < -0.3 is 15.8 Å². The van der Waals surface area contributed by atoms with E-state index in [1.54, 1.807) is 0 Å². The monoisotopic (exact) mass is 296 g/mol. The highest BCUT2D eigenvalue weighted by molar-refractivity contribution is 6.04. The molecule has 0 aliphatic heterocycles. The normalized spacial score (nSPS) is 10.5. The van der Waals surface area contributed by atoms with Crippen molar-refractivity contribution in [2.24, 2.45) is 0 Å². The molecule has 2 aromatic rings. The molecule has 2 rings (SSSR count). The molecule has 0 saturated carbocycles. The molecule has 0 radical (unpaired) electrons. The lowest BCUT2D eigenvalue weighted by atomic mass is 10.2. The zero-order valence-electron chi connectivity index (χ0n) is 10.6. The quantitative estimate of drug-likeness (QED) is 0.851. The van der Waals surface area contributed by atoms with Crippen LogP contribution in [0.15, 0.2) is 42.5 Å². The number of nitrogen functional groups attached to an aromatic ring is 1. The summed E-state index contributed by atoms with van der Waals surface area (Å²) in [5.74, 6) is -1.26. The first-order valence-electron chi connectivity index (χ1n) is 5.87. The van der Waals surface area contributed by atoms with Crippen LogP contribution in [0.25, 0.3) is 0 Å². The van der Waals surface area contributed by atoms with E-state index in [0.717, 1.165) is 6.07 Å². The molecule has 2 aromatic carbocycles. The summed E-state index contributed by atoms with van der Waals surface area (Å²) in [6, 6.07) is 9.02. The van der Waals surface area contributed by atoms with E-state index >= 15 is 0 Å². The van der Waals surface area contributed by atoms with Crippen LogP contribution in [0, 0.1) is 5.82 Å². The van der Waals surface area contributed by atoms with E-state index in [1.807, 2.05) is 0 Å². The second kappa shape index (κ2) is 6.17. The van der Waals surface area contributed by atoms with Gasteiger partial charge in [-0.1, -0.05) is 0 Å². The van der Waals surface area contributed by atoms with Crippen molar-refractivity contribution < 1.29 is 22.7 Å². The Morgan fingerprint density at radius 2 is 1.81 bits per heavy atom. The summed E-state index contributed by atoms with van der Waals surface area (Å²) in [6.45, 7) is -2.91. The van der Waals surface area contributed by atoms with Gasteiger partial charge in [0.25, 0.3) is 5.91 Å². The highest BCUT2D eigenvalue weighted by Gasteiger charge is 2.09. The zero-order valence-corrected chi connectivity index (χ0v) is 10.6. The van der Waals surface area contributed by atoms with Gasteiger partial charge in [-0.2, -0.15) is 8.78 Å². The van der Waals surface area contributed by atoms with Gasteiger partial charge in [-0.15, -0.1) is 0 Å². The van der Waals surface area contributed by atoms with Crippen LogP contribution in [0.3, 0.4) is 0 Å². The van der Waals surface area contributed by atoms with Crippen LogP contribution in [-0.4, -0.2) is 12.5 Å². The van der Waals surface area contributed by atoms with Gasteiger partial charge in [0.2, 0.25) is 0 Å². The van der Waals surface area contributed by atoms with Crippen molar-refractivity contribution in [2.45, 2.75) is 6.61 Å². The Hall–Kier alpha value is -2.70. The Labute approximate surface area is 118 Å². The lowest BCUT2D eigenvalue weighted by Crippen LogP contribution is -2.12. The zero-order chi connectivity index (χ0) is 15.4. The van der Waals surface area contributed by atoms with Crippen LogP contribution < -0.4 is 15.8 Å². The van der Waals surface area contributed by atoms with Gasteiger partial charge in [0.1, 0.15) is 11.6 Å². The molecule has 3 N–H and O–H groups in total. The number of carbonyl (C=O) groups is 1. The van der Waals surface area contributed by atoms with E-state index < -0.39 is 18.3 Å². The number of halogens is 3. The third kappa shape index (κ3) is 3.88. The lowest BCUT2D eigenvalue weighted by molar-refractivity contribution is -0.0498. The number of hydrogen-bond donors (Lipinski definition) is 2. The van der Waals surface area contributed by atoms with Crippen molar-refractivity contribution >= 4 is 17.3 Å². The standard InChI is InChI=1S/C14H11F3N2O2/c15-11-7-8(1-6-12(11)18)13(20)19-9-2-4-10(5-3-9)21-14(16)17/h1-7,14H,18H2,(H,19,20). The van der Waals surface area contributed by atoms with Crippen molar-refractivity contribution in [1.29, 1.82) is 0 Å². The molecule has 0 fully saturated rings. The van der Waals surface area contributed by atoms with Crippen LogP contribution in [0.4, 0.5) is 24.5 Å². The summed E-state index contributed by atoms with van der Waals surface area (Å²) in [6.07, 6.45) is 0. The van der Waals surface area contributed by atoms with Gasteiger partial charge >= 0.3 is 6.61 Å². The molecule has 7 heteroatoms. The number of ether oxygens (including phenoxy) is 1. The van der Waals surface area contributed by atoms with E-state index in [2.05, 4.69) is 10.1 Å². The highest BCUT2D eigenvalue weighted by Crippen LogP contribution is 2.19. The molecular weight excluding hydrogens is 285 g/mol. The molecule has 1 amide bonds. The number of carbonyl (C=O) groups excluding carboxylic acids is 1. The number of anilines is 2. The first-order valence-corrected chi connectivity index (χ1v) is 5.87. The molecular formula is C14H11F3N2O2. The minimum Gasteiger partial charge on any atom is -0.435 e. The Morgan fingerprint density at radius 1 is 1.14 bits per heavy atom. The minimum atomic E-state index is -2.91. The van der Waals surface area contributed by atoms with E-state index in [1.165, 1.54) is 36.4 Å². The molecule has 0 bridgehead atoms. The van der Waals surface area contributed by atoms with Crippen LogP contribution >= 0.6 is 0 Å². The fraction of sp³-hybridized carbons (Fsp3) is 0.0714. The summed E-state index contributed by atoms with van der Waals surface area (Å²) < 4.78 is 41.4. The number of nitrogens with one attached hydrogen (secondary N) is 1. The van der Waals surface area contributed by atoms with Crippen molar-refractivity contribution in [3.05, 3.63) is 53.8 Å². The summed E-state index contributed by atoms with van der Waals surface area (Å²) in [5, 5.41) is 2.50. The Morgan fingerprint density at radius 3 is 2.38 bits per heavy atom. The number of alkyl halides is 2. The van der Waals surface area contributed by atoms with Gasteiger partial charge in [0.15, 0.2) is 0 Å². The number of nitrogens with two attached hydrogens (primary N) is 1. The van der Waals surface area contributed by atoms with Crippen LogP contribution in [0.5, 0.6) is 5.75 Å². The number of rotatable bonds is 4. The van der Waals surface area contributed by atoms with Crippen molar-refractivity contribution in [3.63, 3.8) is 0 Å². The molecule has 0 aliphatic carbocycles. The molecule has 21 heavy (non-hydrogen) atoms. The summed E-state index contributed by atoms with van der Waals surface area (Å²) >= 11 is 0. The molecule has 0 unspecified atom stereocenters. The fourth-order valence-electron chi connectivity index (χ4n) is 1.59. The Balaban J connectivity index is 2.06. The van der Waals surface area contributed by atoms with E-state index in [-0.39, 0.29) is 17.0 Å². The topological polar surface area (TPSA) is 64.4 Å². The molecule has 0 aliphatic rings. The van der Waals surface area contributed by atoms with E-state index in [9.17, 15) is 18.0 Å². The summed E-state index contributed by atoms with van der Waals surface area (Å²) in [7, 11) is 0. The third-order valence-electron chi connectivity index (χ3n) is 2.60. The third-order valence-corrected chi connectivity index (χ3v) is 2.60. The molecule has 0 heterocycles. The molecule has 0 atom stereocenters. The Bertz CT molecular complexity index is 645. The smallest absolute Gasteiger partial charge is 0.387 e. The minimum absolute atomic E-state index is 0.0264. The predicted octanol–water partition coefficient (Wildman–Crippen LogP) is 3.26. The number of amides is 1. The largest absolute Gasteiger partial charge is 0.435 e. The molecule has 0 spiro atoms. The molecule has 4 nitrogen and oxygen atoms in total. The van der Waals surface area contributed by atoms with Gasteiger partial charge in [-0.3, -0.25) is 4.79 Å². The van der Waals surface area contributed by atoms with E-state index in [4.69, 9.17) is 5.73 Å². The van der Waals surface area contributed by atoms with Gasteiger partial charge in [-0.25, -0.2) is 4.39 Å². The number of hydrogen-bond acceptors (Lipinski definition) is 3. The maximum atomic E-state index is 13.3. The van der Waals surface area contributed by atoms with Crippen LogP contribution in [0.1, 0.15) is 10.4 Å². The summed E-state index contributed by atoms with van der Waals surface area (Å²) in [4.78, 5) is 11.9. The van der Waals surface area contributed by atoms with Gasteiger partial charge in [-0.05, 0) is 42.5 Å². The second-order valence-corrected chi connectivity index (χ2v) is 4.09. The predicted molar refractivity (Wildman–Crippen MR) is 71.8 cm³/mol. The average Bonchev–Trinajstić information content (AvgIpc) is 2.43. The maximum absolute atomic E-state index is 13.3. The van der Waals surface area contributed by atoms with Crippen LogP contribution in [-0.2, 0) is 0 Å². The van der Waals surface area contributed by atoms with Crippen LogP contribution in [0.2, 0.25) is 0 Å². The second-order valence-electron chi connectivity index (χ2n) is 4.09. The lowest BCUT2D eigenvalue weighted by Gasteiger charge is -2.08. The fourth-order valence-corrected chi connectivity index (χ4v) is 1.59. The highest BCUT2D eigenvalue weighted by atomic mass is 19.3. The summed E-state index contributed by atoms with van der Waals surface area (Å²) in [5.41, 5.74) is 5.71. The van der Waals surface area contributed by atoms with Crippen molar-refractivity contribution in [2.75, 3.05) is 11.1 Å². The maximum Gasteiger partial charge on any atom is 0.387 e. The average molecular weight is 296 g/mol. The molecule has 110 valence electrons.